The van der Waals surface area contributed by atoms with Crippen molar-refractivity contribution in [2.24, 2.45) is 0 Å². The third kappa shape index (κ3) is 5.37. The lowest BCUT2D eigenvalue weighted by Crippen LogP contribution is -2.48. The number of aromatic nitrogens is 2. The zero-order valence-electron chi connectivity index (χ0n) is 18.7. The summed E-state index contributed by atoms with van der Waals surface area (Å²) in [5.41, 5.74) is 1.78. The predicted molar refractivity (Wildman–Crippen MR) is 123 cm³/mol. The van der Waals surface area contributed by atoms with Gasteiger partial charge in [0.1, 0.15) is 5.69 Å². The molecule has 3 heterocycles. The molecule has 0 amide bonds. The van der Waals surface area contributed by atoms with Gasteiger partial charge >= 0.3 is 0 Å². The van der Waals surface area contributed by atoms with Crippen LogP contribution in [0.1, 0.15) is 12.6 Å². The highest BCUT2D eigenvalue weighted by molar-refractivity contribution is 7.88. The molecule has 0 unspecified atom stereocenters. The van der Waals surface area contributed by atoms with Crippen molar-refractivity contribution < 1.29 is 17.9 Å². The molecule has 2 aliphatic rings. The molecule has 0 radical (unpaired) electrons. The van der Waals surface area contributed by atoms with Gasteiger partial charge in [0.05, 0.1) is 26.1 Å². The second kappa shape index (κ2) is 10.1. The quantitative estimate of drug-likeness (QED) is 0.612. The number of hydrogen-bond acceptors (Lipinski definition) is 8. The molecular formula is C22H31N5O4S. The SMILES string of the molecule is CCOc1c(CN2CCN(S(C)(=O)=O)CC2)nc(-c2ccccc2)nc1N1CCOCC1. The number of ether oxygens (including phenoxy) is 2. The van der Waals surface area contributed by atoms with Gasteiger partial charge in [-0.05, 0) is 6.92 Å². The van der Waals surface area contributed by atoms with E-state index in [0.717, 1.165) is 30.2 Å². The first-order chi connectivity index (χ1) is 15.5. The highest BCUT2D eigenvalue weighted by Gasteiger charge is 2.27. The fraction of sp³-hybridized carbons (Fsp3) is 0.545. The number of morpholine rings is 1. The Kier molecular flexibility index (Phi) is 7.24. The summed E-state index contributed by atoms with van der Waals surface area (Å²) >= 11 is 0. The van der Waals surface area contributed by atoms with Gasteiger partial charge in [-0.3, -0.25) is 4.90 Å². The van der Waals surface area contributed by atoms with Crippen LogP contribution in [0.4, 0.5) is 5.82 Å². The van der Waals surface area contributed by atoms with E-state index in [2.05, 4.69) is 9.80 Å². The molecule has 4 rings (SSSR count). The summed E-state index contributed by atoms with van der Waals surface area (Å²) in [5, 5.41) is 0. The highest BCUT2D eigenvalue weighted by Crippen LogP contribution is 2.33. The minimum absolute atomic E-state index is 0.482. The fourth-order valence-corrected chi connectivity index (χ4v) is 4.85. The van der Waals surface area contributed by atoms with Crippen LogP contribution in [0.5, 0.6) is 5.75 Å². The average molecular weight is 462 g/mol. The van der Waals surface area contributed by atoms with Gasteiger partial charge in [-0.1, -0.05) is 30.3 Å². The Bertz CT molecular complexity index is 1000. The summed E-state index contributed by atoms with van der Waals surface area (Å²) in [6.45, 7) is 8.11. The third-order valence-corrected chi connectivity index (χ3v) is 7.03. The lowest BCUT2D eigenvalue weighted by Gasteiger charge is -2.34. The number of piperazine rings is 1. The minimum Gasteiger partial charge on any atom is -0.488 e. The van der Waals surface area contributed by atoms with E-state index in [9.17, 15) is 8.42 Å². The predicted octanol–water partition coefficient (Wildman–Crippen LogP) is 1.46. The van der Waals surface area contributed by atoms with E-state index in [4.69, 9.17) is 19.4 Å². The van der Waals surface area contributed by atoms with Crippen molar-refractivity contribution in [1.82, 2.24) is 19.2 Å². The molecule has 10 heteroatoms. The van der Waals surface area contributed by atoms with Crippen LogP contribution in [0, 0.1) is 0 Å². The van der Waals surface area contributed by atoms with E-state index in [1.54, 1.807) is 0 Å². The molecule has 2 fully saturated rings. The van der Waals surface area contributed by atoms with Crippen LogP contribution in [-0.4, -0.2) is 92.9 Å². The van der Waals surface area contributed by atoms with E-state index in [1.165, 1.54) is 10.6 Å². The molecule has 2 saturated heterocycles. The summed E-state index contributed by atoms with van der Waals surface area (Å²) in [4.78, 5) is 14.3. The van der Waals surface area contributed by atoms with Crippen molar-refractivity contribution in [2.45, 2.75) is 13.5 Å². The topological polar surface area (TPSA) is 88.1 Å². The molecule has 2 aromatic rings. The van der Waals surface area contributed by atoms with E-state index >= 15 is 0 Å². The molecular weight excluding hydrogens is 430 g/mol. The molecule has 0 saturated carbocycles. The average Bonchev–Trinajstić information content (AvgIpc) is 2.81. The maximum atomic E-state index is 11.9. The second-order valence-electron chi connectivity index (χ2n) is 7.98. The fourth-order valence-electron chi connectivity index (χ4n) is 4.02. The van der Waals surface area contributed by atoms with E-state index in [0.29, 0.717) is 64.1 Å². The maximum absolute atomic E-state index is 11.9. The normalized spacial score (nSPS) is 18.6. The monoisotopic (exact) mass is 461 g/mol. The second-order valence-corrected chi connectivity index (χ2v) is 9.97. The Hall–Kier alpha value is -2.27. The van der Waals surface area contributed by atoms with Crippen LogP contribution in [0.2, 0.25) is 0 Å². The van der Waals surface area contributed by atoms with Gasteiger partial charge in [0.2, 0.25) is 10.0 Å². The molecule has 1 aromatic carbocycles. The summed E-state index contributed by atoms with van der Waals surface area (Å²) in [7, 11) is -3.17. The third-order valence-electron chi connectivity index (χ3n) is 5.72. The lowest BCUT2D eigenvalue weighted by atomic mass is 10.2. The highest BCUT2D eigenvalue weighted by atomic mass is 32.2. The van der Waals surface area contributed by atoms with Gasteiger partial charge < -0.3 is 14.4 Å². The Morgan fingerprint density at radius 3 is 2.31 bits per heavy atom. The van der Waals surface area contributed by atoms with E-state index in [1.807, 2.05) is 37.3 Å². The van der Waals surface area contributed by atoms with Crippen molar-refractivity contribution >= 4 is 15.8 Å². The Morgan fingerprint density at radius 1 is 1.00 bits per heavy atom. The van der Waals surface area contributed by atoms with Gasteiger partial charge in [0.25, 0.3) is 0 Å². The molecule has 1 aromatic heterocycles. The van der Waals surface area contributed by atoms with Crippen LogP contribution in [0.15, 0.2) is 30.3 Å². The molecule has 174 valence electrons. The zero-order valence-corrected chi connectivity index (χ0v) is 19.6. The van der Waals surface area contributed by atoms with Crippen LogP contribution < -0.4 is 9.64 Å². The number of rotatable bonds is 7. The summed E-state index contributed by atoms with van der Waals surface area (Å²) in [6, 6.07) is 9.95. The van der Waals surface area contributed by atoms with Crippen LogP contribution in [-0.2, 0) is 21.3 Å². The number of benzene rings is 1. The van der Waals surface area contributed by atoms with Crippen LogP contribution in [0.25, 0.3) is 11.4 Å². The molecule has 32 heavy (non-hydrogen) atoms. The summed E-state index contributed by atoms with van der Waals surface area (Å²) in [6.07, 6.45) is 1.26. The van der Waals surface area contributed by atoms with Gasteiger partial charge in [0.15, 0.2) is 17.4 Å². The zero-order chi connectivity index (χ0) is 22.6. The molecule has 0 bridgehead atoms. The van der Waals surface area contributed by atoms with Gasteiger partial charge in [-0.25, -0.2) is 18.4 Å². The number of nitrogens with zero attached hydrogens (tertiary/aromatic N) is 5. The van der Waals surface area contributed by atoms with Crippen LogP contribution in [0.3, 0.4) is 0 Å². The Labute approximate surface area is 190 Å². The first-order valence-corrected chi connectivity index (χ1v) is 12.9. The lowest BCUT2D eigenvalue weighted by molar-refractivity contribution is 0.122. The van der Waals surface area contributed by atoms with Crippen molar-refractivity contribution in [3.8, 4) is 17.1 Å². The first-order valence-electron chi connectivity index (χ1n) is 11.0. The summed E-state index contributed by atoms with van der Waals surface area (Å²) < 4.78 is 36.9. The van der Waals surface area contributed by atoms with Gasteiger partial charge in [-0.2, -0.15) is 4.31 Å². The maximum Gasteiger partial charge on any atom is 0.211 e. The number of sulfonamides is 1. The van der Waals surface area contributed by atoms with Gasteiger partial charge in [0, 0.05) is 51.4 Å². The largest absolute Gasteiger partial charge is 0.488 e. The molecule has 9 nitrogen and oxygen atoms in total. The molecule has 0 atom stereocenters. The van der Waals surface area contributed by atoms with E-state index < -0.39 is 10.0 Å². The van der Waals surface area contributed by atoms with Gasteiger partial charge in [-0.15, -0.1) is 0 Å². The van der Waals surface area contributed by atoms with E-state index in [-0.39, 0.29) is 0 Å². The number of hydrogen-bond donors (Lipinski definition) is 0. The van der Waals surface area contributed by atoms with Crippen molar-refractivity contribution in [1.29, 1.82) is 0 Å². The van der Waals surface area contributed by atoms with Crippen molar-refractivity contribution in [2.75, 3.05) is 70.2 Å². The summed E-state index contributed by atoms with van der Waals surface area (Å²) in [5.74, 6) is 2.17. The smallest absolute Gasteiger partial charge is 0.211 e. The standard InChI is InChI=1S/C22H31N5O4S/c1-3-31-20-19(17-25-9-11-27(12-10-25)32(2,28)29)23-21(18-7-5-4-6-8-18)24-22(20)26-13-15-30-16-14-26/h4-8H,3,9-17H2,1-2H3. The Balaban J connectivity index is 1.67. The molecule has 0 spiro atoms. The Morgan fingerprint density at radius 2 is 1.69 bits per heavy atom. The molecule has 0 aliphatic carbocycles. The number of anilines is 1. The minimum atomic E-state index is -3.17. The molecule has 2 aliphatic heterocycles. The molecule has 0 N–H and O–H groups in total. The van der Waals surface area contributed by atoms with Crippen molar-refractivity contribution in [3.63, 3.8) is 0 Å². The first kappa shape index (κ1) is 22.9. The van der Waals surface area contributed by atoms with Crippen molar-refractivity contribution in [3.05, 3.63) is 36.0 Å². The van der Waals surface area contributed by atoms with Crippen LogP contribution >= 0.6 is 0 Å².